The Balaban J connectivity index is 1.78. The molecule has 1 atom stereocenters. The van der Waals surface area contributed by atoms with Crippen molar-refractivity contribution in [2.75, 3.05) is 0 Å². The summed E-state index contributed by atoms with van der Waals surface area (Å²) < 4.78 is 13.3. The Bertz CT molecular complexity index is 899. The van der Waals surface area contributed by atoms with Crippen molar-refractivity contribution in [3.8, 4) is 0 Å². The Morgan fingerprint density at radius 2 is 1.80 bits per heavy atom. The van der Waals surface area contributed by atoms with Crippen LogP contribution in [0.3, 0.4) is 0 Å². The number of halogens is 3. The zero-order valence-corrected chi connectivity index (χ0v) is 18.3. The van der Waals surface area contributed by atoms with Gasteiger partial charge in [0.1, 0.15) is 11.9 Å². The van der Waals surface area contributed by atoms with Gasteiger partial charge in [-0.05, 0) is 55.2 Å². The number of carbonyl (C=O) groups is 2. The summed E-state index contributed by atoms with van der Waals surface area (Å²) in [5, 5.41) is 3.95. The highest BCUT2D eigenvalue weighted by Crippen LogP contribution is 2.23. The Labute approximate surface area is 186 Å². The van der Waals surface area contributed by atoms with Gasteiger partial charge in [-0.3, -0.25) is 9.59 Å². The van der Waals surface area contributed by atoms with Gasteiger partial charge >= 0.3 is 0 Å². The topological polar surface area (TPSA) is 49.4 Å². The summed E-state index contributed by atoms with van der Waals surface area (Å²) in [4.78, 5) is 27.5. The Hall–Kier alpha value is -2.11. The van der Waals surface area contributed by atoms with Crippen LogP contribution in [0.4, 0.5) is 4.39 Å². The lowest BCUT2D eigenvalue weighted by Crippen LogP contribution is -2.50. The van der Waals surface area contributed by atoms with Crippen molar-refractivity contribution in [2.45, 2.75) is 57.7 Å². The van der Waals surface area contributed by atoms with Gasteiger partial charge in [0, 0.05) is 22.6 Å². The van der Waals surface area contributed by atoms with Gasteiger partial charge in [0.25, 0.3) is 0 Å². The minimum Gasteiger partial charge on any atom is -0.352 e. The smallest absolute Gasteiger partial charge is 0.242 e. The first-order chi connectivity index (χ1) is 14.3. The average Bonchev–Trinajstić information content (AvgIpc) is 3.22. The molecule has 0 aromatic heterocycles. The van der Waals surface area contributed by atoms with Crippen molar-refractivity contribution in [1.82, 2.24) is 10.2 Å². The quantitative estimate of drug-likeness (QED) is 0.633. The van der Waals surface area contributed by atoms with Crippen molar-refractivity contribution < 1.29 is 14.0 Å². The fourth-order valence-electron chi connectivity index (χ4n) is 3.69. The zero-order chi connectivity index (χ0) is 21.7. The minimum absolute atomic E-state index is 0.0399. The Kier molecular flexibility index (Phi) is 7.73. The molecule has 2 aromatic carbocycles. The van der Waals surface area contributed by atoms with E-state index in [1.54, 1.807) is 37.3 Å². The minimum atomic E-state index is -0.672. The molecule has 3 rings (SSSR count). The van der Waals surface area contributed by atoms with E-state index in [-0.39, 0.29) is 36.6 Å². The molecule has 0 radical (unpaired) electrons. The van der Waals surface area contributed by atoms with E-state index >= 15 is 0 Å². The first-order valence-corrected chi connectivity index (χ1v) is 10.9. The number of hydrogen-bond donors (Lipinski definition) is 1. The van der Waals surface area contributed by atoms with E-state index in [0.29, 0.717) is 15.6 Å². The highest BCUT2D eigenvalue weighted by Gasteiger charge is 2.28. The molecule has 1 saturated carbocycles. The van der Waals surface area contributed by atoms with Gasteiger partial charge in [0.2, 0.25) is 11.8 Å². The summed E-state index contributed by atoms with van der Waals surface area (Å²) in [7, 11) is 0. The van der Waals surface area contributed by atoms with Gasteiger partial charge in [0.15, 0.2) is 0 Å². The van der Waals surface area contributed by atoms with Crippen LogP contribution >= 0.6 is 23.2 Å². The van der Waals surface area contributed by atoms with Gasteiger partial charge in [-0.25, -0.2) is 4.39 Å². The summed E-state index contributed by atoms with van der Waals surface area (Å²) in [6, 6.07) is 10.4. The summed E-state index contributed by atoms with van der Waals surface area (Å²) in [6.45, 7) is 1.92. The van der Waals surface area contributed by atoms with Crippen molar-refractivity contribution >= 4 is 35.0 Å². The van der Waals surface area contributed by atoms with Crippen LogP contribution in [0.2, 0.25) is 10.0 Å². The van der Waals surface area contributed by atoms with Crippen molar-refractivity contribution in [1.29, 1.82) is 0 Å². The van der Waals surface area contributed by atoms with E-state index < -0.39 is 6.04 Å². The average molecular weight is 451 g/mol. The van der Waals surface area contributed by atoms with Crippen LogP contribution in [0, 0.1) is 5.82 Å². The highest BCUT2D eigenvalue weighted by molar-refractivity contribution is 6.35. The third-order valence-electron chi connectivity index (χ3n) is 5.49. The van der Waals surface area contributed by atoms with E-state index in [0.717, 1.165) is 31.2 Å². The zero-order valence-electron chi connectivity index (χ0n) is 16.8. The third-order valence-corrected chi connectivity index (χ3v) is 6.08. The second kappa shape index (κ2) is 10.3. The molecule has 4 nitrogen and oxygen atoms in total. The molecular formula is C23H25Cl2FN2O2. The number of nitrogens with zero attached hydrogens (tertiary/aromatic N) is 1. The molecule has 30 heavy (non-hydrogen) atoms. The molecule has 1 fully saturated rings. The maximum Gasteiger partial charge on any atom is 0.242 e. The number of benzene rings is 2. The number of carbonyl (C=O) groups excluding carboxylic acids is 2. The largest absolute Gasteiger partial charge is 0.352 e. The second-order valence-corrected chi connectivity index (χ2v) is 8.57. The predicted octanol–water partition coefficient (Wildman–Crippen LogP) is 5.15. The molecule has 1 aliphatic carbocycles. The van der Waals surface area contributed by atoms with E-state index in [4.69, 9.17) is 23.2 Å². The van der Waals surface area contributed by atoms with Crippen molar-refractivity contribution in [3.63, 3.8) is 0 Å². The fraction of sp³-hybridized carbons (Fsp3) is 0.391. The number of hydrogen-bond acceptors (Lipinski definition) is 2. The molecule has 0 aliphatic heterocycles. The highest BCUT2D eigenvalue weighted by atomic mass is 35.5. The van der Waals surface area contributed by atoms with Crippen LogP contribution in [0.15, 0.2) is 42.5 Å². The monoisotopic (exact) mass is 450 g/mol. The summed E-state index contributed by atoms with van der Waals surface area (Å²) in [6.07, 6.45) is 4.17. The summed E-state index contributed by atoms with van der Waals surface area (Å²) >= 11 is 12.2. The van der Waals surface area contributed by atoms with Gasteiger partial charge in [-0.15, -0.1) is 0 Å². The van der Waals surface area contributed by atoms with Crippen LogP contribution in [-0.2, 0) is 22.6 Å². The van der Waals surface area contributed by atoms with Crippen LogP contribution in [0.25, 0.3) is 0 Å². The maximum absolute atomic E-state index is 13.3. The van der Waals surface area contributed by atoms with E-state index in [1.165, 1.54) is 17.0 Å². The van der Waals surface area contributed by atoms with Gasteiger partial charge < -0.3 is 10.2 Å². The van der Waals surface area contributed by atoms with Crippen LogP contribution in [0.1, 0.15) is 43.7 Å². The molecule has 0 bridgehead atoms. The van der Waals surface area contributed by atoms with Gasteiger partial charge in [-0.2, -0.15) is 0 Å². The molecule has 2 amide bonds. The van der Waals surface area contributed by atoms with E-state index in [9.17, 15) is 14.0 Å². The van der Waals surface area contributed by atoms with Crippen molar-refractivity contribution in [2.24, 2.45) is 0 Å². The fourth-order valence-corrected chi connectivity index (χ4v) is 4.17. The predicted molar refractivity (Wildman–Crippen MR) is 117 cm³/mol. The first-order valence-electron chi connectivity index (χ1n) is 10.1. The Morgan fingerprint density at radius 3 is 2.43 bits per heavy atom. The molecule has 2 aromatic rings. The second-order valence-electron chi connectivity index (χ2n) is 7.73. The van der Waals surface area contributed by atoms with Crippen LogP contribution < -0.4 is 5.32 Å². The van der Waals surface area contributed by atoms with Gasteiger partial charge in [-0.1, -0.05) is 54.2 Å². The lowest BCUT2D eigenvalue weighted by atomic mass is 10.1. The molecule has 0 heterocycles. The van der Waals surface area contributed by atoms with Crippen LogP contribution in [-0.4, -0.2) is 28.8 Å². The third kappa shape index (κ3) is 5.96. The Morgan fingerprint density at radius 1 is 1.13 bits per heavy atom. The normalized spacial score (nSPS) is 15.1. The number of rotatable bonds is 7. The molecule has 0 saturated heterocycles. The molecule has 1 N–H and O–H groups in total. The summed E-state index contributed by atoms with van der Waals surface area (Å²) in [5.74, 6) is -0.770. The SMILES string of the molecule is C[C@H](C(=O)NC1CCCC1)N(Cc1ccc(F)cc1)C(=O)Cc1ccc(Cl)cc1Cl. The molecule has 0 unspecified atom stereocenters. The molecule has 160 valence electrons. The standard InChI is InChI=1S/C23H25Cl2FN2O2/c1-15(23(30)27-20-4-2-3-5-20)28(14-16-6-10-19(26)11-7-16)22(29)12-17-8-9-18(24)13-21(17)25/h6-11,13,15,20H,2-5,12,14H2,1H3,(H,27,30)/t15-/m1/s1. The lowest BCUT2D eigenvalue weighted by Gasteiger charge is -2.30. The number of nitrogens with one attached hydrogen (secondary N) is 1. The van der Waals surface area contributed by atoms with Gasteiger partial charge in [0.05, 0.1) is 6.42 Å². The van der Waals surface area contributed by atoms with E-state index in [1.807, 2.05) is 0 Å². The van der Waals surface area contributed by atoms with Crippen LogP contribution in [0.5, 0.6) is 0 Å². The first kappa shape index (κ1) is 22.6. The van der Waals surface area contributed by atoms with Crippen molar-refractivity contribution in [3.05, 3.63) is 69.5 Å². The lowest BCUT2D eigenvalue weighted by molar-refractivity contribution is -0.140. The number of amides is 2. The molecule has 1 aliphatic rings. The molecule has 7 heteroatoms. The molecular weight excluding hydrogens is 426 g/mol. The maximum atomic E-state index is 13.3. The van der Waals surface area contributed by atoms with E-state index in [2.05, 4.69) is 5.32 Å². The molecule has 0 spiro atoms. The summed E-state index contributed by atoms with van der Waals surface area (Å²) in [5.41, 5.74) is 1.38.